The van der Waals surface area contributed by atoms with E-state index in [-0.39, 0.29) is 43.5 Å². The van der Waals surface area contributed by atoms with Gasteiger partial charge in [0.2, 0.25) is 0 Å². The summed E-state index contributed by atoms with van der Waals surface area (Å²) in [5, 5.41) is 18.3. The Morgan fingerprint density at radius 3 is 2.32 bits per heavy atom. The van der Waals surface area contributed by atoms with E-state index in [1.54, 1.807) is 0 Å². The van der Waals surface area contributed by atoms with Gasteiger partial charge in [-0.3, -0.25) is 9.78 Å². The topological polar surface area (TPSA) is 54.6 Å². The van der Waals surface area contributed by atoms with Crippen LogP contribution in [-0.4, -0.2) is 20.3 Å². The minimum atomic E-state index is 0. The van der Waals surface area contributed by atoms with Crippen LogP contribution in [0.5, 0.6) is 0 Å². The van der Waals surface area contributed by atoms with E-state index in [0.717, 1.165) is 42.0 Å². The molecule has 0 unspecified atom stereocenters. The van der Waals surface area contributed by atoms with Gasteiger partial charge in [-0.25, -0.2) is 0 Å². The number of nitrogens with zero attached hydrogens (tertiary/aromatic N) is 2. The second-order valence-corrected chi connectivity index (χ2v) is 10.9. The summed E-state index contributed by atoms with van der Waals surface area (Å²) in [4.78, 5) is 16.5. The maximum absolute atomic E-state index is 11.7. The number of carbonyl (C=O) groups excluding carboxylic acids is 1. The monoisotopic (exact) mass is 724 g/mol. The van der Waals surface area contributed by atoms with Crippen LogP contribution in [0.3, 0.4) is 0 Å². The number of benzene rings is 3. The van der Waals surface area contributed by atoms with E-state index in [1.165, 1.54) is 49.8 Å². The Bertz CT molecular complexity index is 1860. The molecule has 0 saturated heterocycles. The summed E-state index contributed by atoms with van der Waals surface area (Å²) < 4.78 is 2.32. The first-order valence-electron chi connectivity index (χ1n) is 14.6. The molecule has 0 aliphatic rings. The van der Waals surface area contributed by atoms with Crippen LogP contribution in [-0.2, 0) is 24.9 Å². The maximum atomic E-state index is 11.7. The number of rotatable bonds is 7. The number of pyridine rings is 2. The Morgan fingerprint density at radius 2 is 1.63 bits per heavy atom. The van der Waals surface area contributed by atoms with Crippen LogP contribution >= 0.6 is 0 Å². The van der Waals surface area contributed by atoms with Crippen LogP contribution in [0.2, 0.25) is 0 Å². The quantitative estimate of drug-likeness (QED) is 0.0587. The zero-order valence-corrected chi connectivity index (χ0v) is 27.2. The Hall–Kier alpha value is -3.27. The average molecular weight is 724 g/mol. The van der Waals surface area contributed by atoms with E-state index in [9.17, 15) is 9.90 Å². The molecule has 0 amide bonds. The third-order valence-corrected chi connectivity index (χ3v) is 8.76. The molecule has 215 valence electrons. The van der Waals surface area contributed by atoms with Gasteiger partial charge in [0.15, 0.2) is 5.78 Å². The summed E-state index contributed by atoms with van der Waals surface area (Å²) in [6.07, 6.45) is 9.00. The van der Waals surface area contributed by atoms with Gasteiger partial charge in [-0.15, -0.1) is 23.6 Å². The van der Waals surface area contributed by atoms with Crippen LogP contribution in [0.1, 0.15) is 64.6 Å². The van der Waals surface area contributed by atoms with Crippen molar-refractivity contribution in [2.45, 2.75) is 67.2 Å². The first-order valence-corrected chi connectivity index (χ1v) is 14.6. The summed E-state index contributed by atoms with van der Waals surface area (Å²) in [5.74, 6) is 0.547. The normalized spacial score (nSPS) is 12.1. The minimum absolute atomic E-state index is 0. The Labute approximate surface area is 256 Å². The van der Waals surface area contributed by atoms with E-state index >= 15 is 0 Å². The summed E-state index contributed by atoms with van der Waals surface area (Å²) in [6, 6.07) is 18.7. The van der Waals surface area contributed by atoms with Gasteiger partial charge in [0.1, 0.15) is 0 Å². The minimum Gasteiger partial charge on any atom is -0.512 e. The Kier molecular flexibility index (Phi) is 9.51. The summed E-state index contributed by atoms with van der Waals surface area (Å²) >= 11 is 0. The molecule has 5 heteroatoms. The van der Waals surface area contributed by atoms with Crippen molar-refractivity contribution in [3.05, 3.63) is 84.0 Å². The average Bonchev–Trinajstić information content (AvgIpc) is 3.23. The van der Waals surface area contributed by atoms with E-state index in [2.05, 4.69) is 73.0 Å². The molecule has 0 aliphatic heterocycles. The molecule has 0 atom stereocenters. The maximum Gasteiger partial charge on any atom is 0.162 e. The van der Waals surface area contributed by atoms with Gasteiger partial charge >= 0.3 is 0 Å². The SMILES string of the molecule is CCC(CC)C(=O)/C=C(\O)C(CC)CC.Cc1c(C)n2ccc3ccnc4c5[c-]c6ccccc6cc5c1c2c34.[Ir]. The summed E-state index contributed by atoms with van der Waals surface area (Å²) in [7, 11) is 0. The van der Waals surface area contributed by atoms with Crippen molar-refractivity contribution in [1.29, 1.82) is 0 Å². The predicted molar refractivity (Wildman–Crippen MR) is 169 cm³/mol. The van der Waals surface area contributed by atoms with Crippen LogP contribution in [0.15, 0.2) is 66.7 Å². The molecule has 1 radical (unpaired) electrons. The molecule has 3 aromatic carbocycles. The summed E-state index contributed by atoms with van der Waals surface area (Å²) in [6.45, 7) is 12.5. The fourth-order valence-electron chi connectivity index (χ4n) is 6.13. The fourth-order valence-corrected chi connectivity index (χ4v) is 6.13. The van der Waals surface area contributed by atoms with Gasteiger partial charge in [-0.05, 0) is 73.4 Å². The molecule has 6 rings (SSSR count). The number of allylic oxidation sites excluding steroid dienone is 2. The van der Waals surface area contributed by atoms with Crippen molar-refractivity contribution in [2.24, 2.45) is 11.8 Å². The smallest absolute Gasteiger partial charge is 0.162 e. The summed E-state index contributed by atoms with van der Waals surface area (Å²) in [5.41, 5.74) is 4.97. The fraction of sp³-hybridized carbons (Fsp3) is 0.333. The molecule has 6 aromatic rings. The van der Waals surface area contributed by atoms with Crippen molar-refractivity contribution >= 4 is 54.5 Å². The van der Waals surface area contributed by atoms with Crippen LogP contribution < -0.4 is 0 Å². The van der Waals surface area contributed by atoms with Crippen LogP contribution in [0.25, 0.3) is 48.7 Å². The van der Waals surface area contributed by atoms with Gasteiger partial charge in [0.05, 0.1) is 5.76 Å². The standard InChI is InChI=1S/C23H15N2.C13H24O2.Ir/c1-13-14(2)25-10-8-15-7-9-24-22-19-12-17-6-4-3-5-16(17)11-18(19)20(13)23(25)21(15)22;1-5-10(6-2)12(14)9-13(15)11(7-3)8-4;/h3-11H,1-2H3;9-11,14H,5-8H2,1-4H3;/q-1;;/b;12-9-;. The number of aryl methyl sites for hydroxylation is 2. The first-order chi connectivity index (χ1) is 19.3. The molecule has 0 aliphatic carbocycles. The molecular weight excluding hydrogens is 685 g/mol. The van der Waals surface area contributed by atoms with Gasteiger partial charge in [0.25, 0.3) is 0 Å². The van der Waals surface area contributed by atoms with E-state index in [4.69, 9.17) is 4.98 Å². The zero-order valence-electron chi connectivity index (χ0n) is 24.8. The molecule has 3 aromatic heterocycles. The number of aliphatic hydroxyl groups is 1. The Balaban J connectivity index is 0.000000212. The molecule has 3 heterocycles. The number of hydrogen-bond acceptors (Lipinski definition) is 3. The molecular formula is C36H39IrN2O2-. The van der Waals surface area contributed by atoms with E-state index < -0.39 is 0 Å². The predicted octanol–water partition coefficient (Wildman–Crippen LogP) is 9.67. The molecule has 0 saturated carbocycles. The third kappa shape index (κ3) is 5.38. The molecule has 0 spiro atoms. The van der Waals surface area contributed by atoms with E-state index in [0.29, 0.717) is 0 Å². The largest absolute Gasteiger partial charge is 0.512 e. The molecule has 0 fully saturated rings. The first kappa shape index (κ1) is 30.7. The number of fused-ring (bicyclic) bond motifs is 4. The zero-order chi connectivity index (χ0) is 28.6. The number of carbonyl (C=O) groups is 1. The number of hydrogen-bond donors (Lipinski definition) is 1. The molecule has 1 N–H and O–H groups in total. The van der Waals surface area contributed by atoms with Gasteiger partial charge in [-0.2, -0.15) is 0 Å². The molecule has 41 heavy (non-hydrogen) atoms. The van der Waals surface area contributed by atoms with E-state index in [1.807, 2.05) is 33.9 Å². The number of ketones is 1. The van der Waals surface area contributed by atoms with Gasteiger partial charge < -0.3 is 9.51 Å². The van der Waals surface area contributed by atoms with Crippen molar-refractivity contribution < 1.29 is 30.0 Å². The number of aliphatic hydroxyl groups excluding tert-OH is 1. The van der Waals surface area contributed by atoms with Crippen molar-refractivity contribution in [3.63, 3.8) is 0 Å². The molecule has 0 bridgehead atoms. The second-order valence-electron chi connectivity index (χ2n) is 10.9. The van der Waals surface area contributed by atoms with Crippen molar-refractivity contribution in [2.75, 3.05) is 0 Å². The molecule has 4 nitrogen and oxygen atoms in total. The van der Waals surface area contributed by atoms with Crippen molar-refractivity contribution in [1.82, 2.24) is 9.38 Å². The second kappa shape index (κ2) is 12.7. The van der Waals surface area contributed by atoms with Crippen molar-refractivity contribution in [3.8, 4) is 0 Å². The van der Waals surface area contributed by atoms with Crippen LogP contribution in [0.4, 0.5) is 0 Å². The Morgan fingerprint density at radius 1 is 0.951 bits per heavy atom. The number of aromatic nitrogens is 2. The van der Waals surface area contributed by atoms with Gasteiger partial charge in [0, 0.05) is 67.1 Å². The van der Waals surface area contributed by atoms with Crippen LogP contribution in [0, 0.1) is 31.7 Å². The third-order valence-electron chi connectivity index (χ3n) is 8.76. The van der Waals surface area contributed by atoms with Gasteiger partial charge in [-0.1, -0.05) is 62.1 Å².